The lowest BCUT2D eigenvalue weighted by Crippen LogP contribution is -2.17. The monoisotopic (exact) mass is 385 g/mol. The summed E-state index contributed by atoms with van der Waals surface area (Å²) in [6.45, 7) is 0. The summed E-state index contributed by atoms with van der Waals surface area (Å²) < 4.78 is 16.3. The van der Waals surface area contributed by atoms with Gasteiger partial charge in [-0.25, -0.2) is 9.18 Å². The van der Waals surface area contributed by atoms with E-state index >= 15 is 0 Å². The second kappa shape index (κ2) is 6.60. The van der Waals surface area contributed by atoms with Crippen LogP contribution in [0.25, 0.3) is 22.2 Å². The molecule has 2 aromatic carbocycles. The van der Waals surface area contributed by atoms with E-state index in [9.17, 15) is 14.0 Å². The van der Waals surface area contributed by atoms with Crippen LogP contribution in [0.15, 0.2) is 88.6 Å². The number of para-hydroxylation sites is 2. The van der Waals surface area contributed by atoms with Crippen LogP contribution in [0.5, 0.6) is 0 Å². The maximum absolute atomic E-state index is 13.1. The Hall–Kier alpha value is -3.93. The van der Waals surface area contributed by atoms with Gasteiger partial charge < -0.3 is 4.98 Å². The number of nitrogens with zero attached hydrogens (tertiary/aromatic N) is 2. The molecule has 3 heterocycles. The smallest absolute Gasteiger partial charge is 0.305 e. The van der Waals surface area contributed by atoms with E-state index in [0.717, 1.165) is 22.2 Å². The van der Waals surface area contributed by atoms with Crippen molar-refractivity contribution in [2.75, 3.05) is 0 Å². The summed E-state index contributed by atoms with van der Waals surface area (Å²) in [5, 5.41) is 0. The minimum Gasteiger partial charge on any atom is -0.305 e. The molecule has 142 valence electrons. The molecule has 0 aliphatic heterocycles. The first-order valence-electron chi connectivity index (χ1n) is 9.18. The molecule has 0 fully saturated rings. The highest BCUT2D eigenvalue weighted by Gasteiger charge is 2.10. The molecule has 0 amide bonds. The highest BCUT2D eigenvalue weighted by molar-refractivity contribution is 5.77. The Morgan fingerprint density at radius 2 is 1.66 bits per heavy atom. The molecule has 0 radical (unpaired) electrons. The minimum atomic E-state index is -0.291. The minimum absolute atomic E-state index is 0.155. The highest BCUT2D eigenvalue weighted by Crippen LogP contribution is 2.18. The zero-order chi connectivity index (χ0) is 20.0. The molecular weight excluding hydrogens is 369 g/mol. The molecule has 0 bridgehead atoms. The topological polar surface area (TPSA) is 59.3 Å². The normalized spacial score (nSPS) is 11.3. The van der Waals surface area contributed by atoms with Crippen molar-refractivity contribution in [2.24, 2.45) is 0 Å². The third-order valence-corrected chi connectivity index (χ3v) is 5.02. The van der Waals surface area contributed by atoms with Gasteiger partial charge in [0.15, 0.2) is 0 Å². The van der Waals surface area contributed by atoms with E-state index in [1.165, 1.54) is 16.5 Å². The Morgan fingerprint density at radius 3 is 2.48 bits per heavy atom. The Balaban J connectivity index is 1.64. The molecule has 1 N–H and O–H groups in total. The molecule has 6 heteroatoms. The summed E-state index contributed by atoms with van der Waals surface area (Å²) in [5.41, 5.74) is 4.23. The van der Waals surface area contributed by atoms with Gasteiger partial charge in [0.05, 0.1) is 22.2 Å². The molecule has 0 atom stereocenters. The molecule has 5 rings (SSSR count). The molecule has 0 saturated carbocycles. The van der Waals surface area contributed by atoms with E-state index in [1.54, 1.807) is 35.0 Å². The van der Waals surface area contributed by atoms with Crippen LogP contribution in [0.1, 0.15) is 11.1 Å². The summed E-state index contributed by atoms with van der Waals surface area (Å²) in [7, 11) is 0. The molecule has 5 aromatic rings. The van der Waals surface area contributed by atoms with Gasteiger partial charge in [-0.15, -0.1) is 0 Å². The Bertz CT molecular complexity index is 1480. The van der Waals surface area contributed by atoms with E-state index in [0.29, 0.717) is 17.6 Å². The van der Waals surface area contributed by atoms with Gasteiger partial charge in [-0.2, -0.15) is 0 Å². The molecule has 5 nitrogen and oxygen atoms in total. The number of H-pyrrole nitrogens is 1. The molecule has 3 aromatic heterocycles. The fraction of sp³-hybridized carbons (Fsp3) is 0.0435. The zero-order valence-corrected chi connectivity index (χ0v) is 15.3. The summed E-state index contributed by atoms with van der Waals surface area (Å²) in [5.74, 6) is -0.291. The number of fused-ring (bicyclic) bond motifs is 2. The molecule has 0 unspecified atom stereocenters. The van der Waals surface area contributed by atoms with Crippen LogP contribution < -0.4 is 11.2 Å². The SMILES string of the molecule is O=c1[nH]c2ccccc2n1-c1ccn2c(=O)cc(Cc3ccc(F)cc3)cc2c1. The van der Waals surface area contributed by atoms with Gasteiger partial charge in [0, 0.05) is 12.3 Å². The Morgan fingerprint density at radius 1 is 0.862 bits per heavy atom. The molecule has 29 heavy (non-hydrogen) atoms. The lowest BCUT2D eigenvalue weighted by atomic mass is 10.1. The molecule has 0 aliphatic carbocycles. The number of aromatic nitrogens is 3. The predicted molar refractivity (Wildman–Crippen MR) is 110 cm³/mol. The van der Waals surface area contributed by atoms with Gasteiger partial charge in [0.25, 0.3) is 5.56 Å². The molecular formula is C23H16FN3O2. The van der Waals surface area contributed by atoms with Gasteiger partial charge in [-0.1, -0.05) is 24.3 Å². The first-order valence-corrected chi connectivity index (χ1v) is 9.18. The Kier molecular flexibility index (Phi) is 3.91. The van der Waals surface area contributed by atoms with Crippen molar-refractivity contribution >= 4 is 16.6 Å². The van der Waals surface area contributed by atoms with Gasteiger partial charge in [-0.05, 0) is 60.0 Å². The summed E-state index contributed by atoms with van der Waals surface area (Å²) in [6.07, 6.45) is 2.19. The molecule has 0 spiro atoms. The second-order valence-electron chi connectivity index (χ2n) is 6.97. The number of halogens is 1. The van der Waals surface area contributed by atoms with Crippen molar-refractivity contribution in [1.29, 1.82) is 0 Å². The molecule has 0 saturated heterocycles. The fourth-order valence-electron chi connectivity index (χ4n) is 3.67. The number of benzene rings is 2. The summed E-state index contributed by atoms with van der Waals surface area (Å²) in [6, 6.07) is 20.7. The standard InChI is InChI=1S/C23H16FN3O2/c24-17-7-5-15(6-8-17)11-16-12-19-14-18(9-10-26(19)22(28)13-16)27-21-4-2-1-3-20(21)25-23(27)29/h1-10,12-14H,11H2,(H,25,29). The number of rotatable bonds is 3. The van der Waals surface area contributed by atoms with E-state index in [1.807, 2.05) is 36.4 Å². The average Bonchev–Trinajstić information content (AvgIpc) is 3.05. The average molecular weight is 385 g/mol. The number of nitrogens with one attached hydrogen (secondary N) is 1. The van der Waals surface area contributed by atoms with Crippen LogP contribution >= 0.6 is 0 Å². The lowest BCUT2D eigenvalue weighted by Gasteiger charge is -2.09. The van der Waals surface area contributed by atoms with Crippen LogP contribution in [0.2, 0.25) is 0 Å². The summed E-state index contributed by atoms with van der Waals surface area (Å²) in [4.78, 5) is 27.9. The van der Waals surface area contributed by atoms with Crippen molar-refractivity contribution in [3.63, 3.8) is 0 Å². The molecule has 0 aliphatic rings. The zero-order valence-electron chi connectivity index (χ0n) is 15.3. The van der Waals surface area contributed by atoms with Crippen molar-refractivity contribution in [2.45, 2.75) is 6.42 Å². The van der Waals surface area contributed by atoms with Crippen molar-refractivity contribution in [1.82, 2.24) is 14.0 Å². The highest BCUT2D eigenvalue weighted by atomic mass is 19.1. The lowest BCUT2D eigenvalue weighted by molar-refractivity contribution is 0.627. The van der Waals surface area contributed by atoms with Gasteiger partial charge in [0.2, 0.25) is 0 Å². The number of hydrogen-bond donors (Lipinski definition) is 1. The van der Waals surface area contributed by atoms with E-state index in [4.69, 9.17) is 0 Å². The van der Waals surface area contributed by atoms with Gasteiger partial charge in [0.1, 0.15) is 5.82 Å². The van der Waals surface area contributed by atoms with Gasteiger partial charge in [-0.3, -0.25) is 13.8 Å². The third-order valence-electron chi connectivity index (χ3n) is 5.02. The van der Waals surface area contributed by atoms with Crippen molar-refractivity contribution in [3.05, 3.63) is 117 Å². The first kappa shape index (κ1) is 17.2. The van der Waals surface area contributed by atoms with E-state index < -0.39 is 0 Å². The maximum Gasteiger partial charge on any atom is 0.331 e. The van der Waals surface area contributed by atoms with Crippen LogP contribution in [0.3, 0.4) is 0 Å². The quantitative estimate of drug-likeness (QED) is 0.515. The first-order chi connectivity index (χ1) is 14.1. The van der Waals surface area contributed by atoms with Crippen LogP contribution in [-0.4, -0.2) is 14.0 Å². The largest absolute Gasteiger partial charge is 0.331 e. The van der Waals surface area contributed by atoms with Crippen LogP contribution in [0.4, 0.5) is 4.39 Å². The fourth-order valence-corrected chi connectivity index (χ4v) is 3.67. The second-order valence-corrected chi connectivity index (χ2v) is 6.97. The van der Waals surface area contributed by atoms with Crippen molar-refractivity contribution < 1.29 is 4.39 Å². The van der Waals surface area contributed by atoms with E-state index in [-0.39, 0.29) is 17.1 Å². The van der Waals surface area contributed by atoms with E-state index in [2.05, 4.69) is 4.98 Å². The summed E-state index contributed by atoms with van der Waals surface area (Å²) >= 11 is 0. The van der Waals surface area contributed by atoms with Crippen molar-refractivity contribution in [3.8, 4) is 5.69 Å². The Labute approximate surface area is 164 Å². The predicted octanol–water partition coefficient (Wildman–Crippen LogP) is 3.66. The van der Waals surface area contributed by atoms with Gasteiger partial charge >= 0.3 is 5.69 Å². The number of hydrogen-bond acceptors (Lipinski definition) is 2. The number of imidazole rings is 1. The number of pyridine rings is 2. The van der Waals surface area contributed by atoms with Crippen LogP contribution in [0, 0.1) is 5.82 Å². The maximum atomic E-state index is 13.1. The van der Waals surface area contributed by atoms with Crippen LogP contribution in [-0.2, 0) is 6.42 Å². The third kappa shape index (κ3) is 3.04. The number of aromatic amines is 1.